The van der Waals surface area contributed by atoms with E-state index in [1.165, 1.54) is 0 Å². The third-order valence-corrected chi connectivity index (χ3v) is 2.68. The molecule has 0 spiro atoms. The number of carbonyl (C=O) groups excluding carboxylic acids is 2. The number of hydrogen-bond acceptors (Lipinski definition) is 3. The Morgan fingerprint density at radius 1 is 1.15 bits per heavy atom. The maximum absolute atomic E-state index is 11.9. The number of imidazole rings is 1. The lowest BCUT2D eigenvalue weighted by atomic mass is 10.1. The summed E-state index contributed by atoms with van der Waals surface area (Å²) in [5.41, 5.74) is 7.23. The standard InChI is InChI=1S/C13H15N5O2/c14-13(20)17-5-9-1-3-10(4-2-9)12(19)16-7-11-6-15-8-18-11/h1-4,6,8H,5,7H2,(H,15,18)(H,16,19)(H3,14,17,20). The highest BCUT2D eigenvalue weighted by Crippen LogP contribution is 2.04. The van der Waals surface area contributed by atoms with Crippen LogP contribution in [0.5, 0.6) is 0 Å². The van der Waals surface area contributed by atoms with Gasteiger partial charge in [0.25, 0.3) is 5.91 Å². The van der Waals surface area contributed by atoms with Crippen molar-refractivity contribution >= 4 is 11.9 Å². The maximum Gasteiger partial charge on any atom is 0.312 e. The molecule has 7 heteroatoms. The molecule has 5 N–H and O–H groups in total. The molecule has 0 unspecified atom stereocenters. The molecule has 0 atom stereocenters. The number of H-pyrrole nitrogens is 1. The molecular formula is C13H15N5O2. The highest BCUT2D eigenvalue weighted by Gasteiger charge is 2.05. The van der Waals surface area contributed by atoms with Crippen LogP contribution >= 0.6 is 0 Å². The van der Waals surface area contributed by atoms with Gasteiger partial charge in [0.15, 0.2) is 0 Å². The quantitative estimate of drug-likeness (QED) is 0.636. The van der Waals surface area contributed by atoms with Crippen LogP contribution in [0.2, 0.25) is 0 Å². The average Bonchev–Trinajstić information content (AvgIpc) is 2.96. The van der Waals surface area contributed by atoms with Gasteiger partial charge in [0.1, 0.15) is 0 Å². The Labute approximate surface area is 115 Å². The van der Waals surface area contributed by atoms with Crippen LogP contribution in [0.4, 0.5) is 4.79 Å². The zero-order valence-electron chi connectivity index (χ0n) is 10.7. The van der Waals surface area contributed by atoms with Crippen LogP contribution in [0.15, 0.2) is 36.8 Å². The molecule has 1 aromatic heterocycles. The van der Waals surface area contributed by atoms with Crippen LogP contribution in [0.3, 0.4) is 0 Å². The van der Waals surface area contributed by atoms with Crippen LogP contribution in [-0.4, -0.2) is 21.9 Å². The van der Waals surface area contributed by atoms with Gasteiger partial charge in [-0.15, -0.1) is 0 Å². The molecule has 7 nitrogen and oxygen atoms in total. The number of amides is 3. The summed E-state index contributed by atoms with van der Waals surface area (Å²) in [7, 11) is 0. The van der Waals surface area contributed by atoms with Crippen LogP contribution < -0.4 is 16.4 Å². The first-order chi connectivity index (χ1) is 9.65. The molecule has 0 fully saturated rings. The number of nitrogens with one attached hydrogen (secondary N) is 3. The molecule has 2 rings (SSSR count). The molecule has 0 bridgehead atoms. The molecular weight excluding hydrogens is 258 g/mol. The Morgan fingerprint density at radius 3 is 2.50 bits per heavy atom. The molecule has 0 saturated heterocycles. The van der Waals surface area contributed by atoms with Crippen molar-refractivity contribution in [1.82, 2.24) is 20.6 Å². The highest BCUT2D eigenvalue weighted by molar-refractivity contribution is 5.94. The normalized spacial score (nSPS) is 10.0. The van der Waals surface area contributed by atoms with Crippen LogP contribution in [0.25, 0.3) is 0 Å². The topological polar surface area (TPSA) is 113 Å². The summed E-state index contributed by atoms with van der Waals surface area (Å²) in [4.78, 5) is 29.2. The van der Waals surface area contributed by atoms with E-state index >= 15 is 0 Å². The molecule has 1 heterocycles. The van der Waals surface area contributed by atoms with Crippen molar-refractivity contribution in [2.75, 3.05) is 0 Å². The predicted octanol–water partition coefficient (Wildman–Crippen LogP) is 0.508. The zero-order valence-corrected chi connectivity index (χ0v) is 10.7. The van der Waals surface area contributed by atoms with E-state index in [9.17, 15) is 9.59 Å². The summed E-state index contributed by atoms with van der Waals surface area (Å²) < 4.78 is 0. The van der Waals surface area contributed by atoms with Crippen molar-refractivity contribution in [3.8, 4) is 0 Å². The number of urea groups is 1. The third-order valence-electron chi connectivity index (χ3n) is 2.68. The number of aromatic amines is 1. The van der Waals surface area contributed by atoms with Gasteiger partial charge in [-0.3, -0.25) is 4.79 Å². The molecule has 1 aromatic carbocycles. The zero-order chi connectivity index (χ0) is 14.4. The molecule has 0 aliphatic carbocycles. The molecule has 20 heavy (non-hydrogen) atoms. The fraction of sp³-hybridized carbons (Fsp3) is 0.154. The fourth-order valence-corrected chi connectivity index (χ4v) is 1.62. The van der Waals surface area contributed by atoms with E-state index < -0.39 is 6.03 Å². The number of carbonyl (C=O) groups is 2. The molecule has 0 radical (unpaired) electrons. The van der Waals surface area contributed by atoms with Gasteiger partial charge in [-0.05, 0) is 17.7 Å². The lowest BCUT2D eigenvalue weighted by Crippen LogP contribution is -2.28. The van der Waals surface area contributed by atoms with Crippen molar-refractivity contribution in [2.24, 2.45) is 5.73 Å². The summed E-state index contributed by atoms with van der Waals surface area (Å²) >= 11 is 0. The van der Waals surface area contributed by atoms with Crippen molar-refractivity contribution in [1.29, 1.82) is 0 Å². The average molecular weight is 273 g/mol. The van der Waals surface area contributed by atoms with E-state index in [-0.39, 0.29) is 5.91 Å². The smallest absolute Gasteiger partial charge is 0.312 e. The van der Waals surface area contributed by atoms with Crippen molar-refractivity contribution in [3.63, 3.8) is 0 Å². The number of rotatable bonds is 5. The third kappa shape index (κ3) is 3.84. The van der Waals surface area contributed by atoms with Crippen LogP contribution in [0.1, 0.15) is 21.6 Å². The van der Waals surface area contributed by atoms with Gasteiger partial charge < -0.3 is 21.4 Å². The number of primary amides is 1. The fourth-order valence-electron chi connectivity index (χ4n) is 1.62. The summed E-state index contributed by atoms with van der Waals surface area (Å²) in [5.74, 6) is -0.172. The van der Waals surface area contributed by atoms with E-state index in [4.69, 9.17) is 5.73 Å². The van der Waals surface area contributed by atoms with E-state index in [1.807, 2.05) is 0 Å². The summed E-state index contributed by atoms with van der Waals surface area (Å²) in [6, 6.07) is 6.34. The first-order valence-electron chi connectivity index (χ1n) is 6.03. The minimum Gasteiger partial charge on any atom is -0.352 e. The first kappa shape index (κ1) is 13.6. The van der Waals surface area contributed by atoms with E-state index in [2.05, 4.69) is 20.6 Å². The molecule has 0 aliphatic rings. The summed E-state index contributed by atoms with van der Waals surface area (Å²) in [5, 5.41) is 5.25. The van der Waals surface area contributed by atoms with Gasteiger partial charge in [0.2, 0.25) is 0 Å². The lowest BCUT2D eigenvalue weighted by molar-refractivity contribution is 0.0950. The second-order valence-electron chi connectivity index (χ2n) is 4.17. The van der Waals surface area contributed by atoms with Gasteiger partial charge in [-0.2, -0.15) is 0 Å². The first-order valence-corrected chi connectivity index (χ1v) is 6.03. The largest absolute Gasteiger partial charge is 0.352 e. The highest BCUT2D eigenvalue weighted by atomic mass is 16.2. The number of aromatic nitrogens is 2. The Balaban J connectivity index is 1.88. The van der Waals surface area contributed by atoms with E-state index in [0.717, 1.165) is 11.3 Å². The van der Waals surface area contributed by atoms with Crippen molar-refractivity contribution in [2.45, 2.75) is 13.1 Å². The lowest BCUT2D eigenvalue weighted by Gasteiger charge is -2.05. The molecule has 3 amide bonds. The molecule has 2 aromatic rings. The minimum atomic E-state index is -0.577. The SMILES string of the molecule is NC(=O)NCc1ccc(C(=O)NCc2cnc[nH]2)cc1. The Bertz CT molecular complexity index is 577. The van der Waals surface area contributed by atoms with Gasteiger partial charge in [-0.1, -0.05) is 12.1 Å². The number of nitrogens with zero attached hydrogens (tertiary/aromatic N) is 1. The molecule has 0 aliphatic heterocycles. The van der Waals surface area contributed by atoms with E-state index in [1.54, 1.807) is 36.8 Å². The van der Waals surface area contributed by atoms with Crippen LogP contribution in [0, 0.1) is 0 Å². The summed E-state index contributed by atoms with van der Waals surface area (Å²) in [6.45, 7) is 0.731. The van der Waals surface area contributed by atoms with Crippen molar-refractivity contribution < 1.29 is 9.59 Å². The second-order valence-corrected chi connectivity index (χ2v) is 4.17. The Morgan fingerprint density at radius 2 is 1.90 bits per heavy atom. The molecule has 0 saturated carbocycles. The minimum absolute atomic E-state index is 0.172. The second kappa shape index (κ2) is 6.37. The van der Waals surface area contributed by atoms with Crippen molar-refractivity contribution in [3.05, 3.63) is 53.6 Å². The Kier molecular flexibility index (Phi) is 4.33. The van der Waals surface area contributed by atoms with Gasteiger partial charge in [0, 0.05) is 18.3 Å². The number of nitrogens with two attached hydrogens (primary N) is 1. The summed E-state index contributed by atoms with van der Waals surface area (Å²) in [6.07, 6.45) is 3.21. The maximum atomic E-state index is 11.9. The van der Waals surface area contributed by atoms with Crippen LogP contribution in [-0.2, 0) is 13.1 Å². The monoisotopic (exact) mass is 273 g/mol. The Hall–Kier alpha value is -2.83. The number of hydrogen-bond donors (Lipinski definition) is 4. The molecule has 104 valence electrons. The van der Waals surface area contributed by atoms with E-state index in [0.29, 0.717) is 18.7 Å². The number of benzene rings is 1. The predicted molar refractivity (Wildman–Crippen MR) is 72.6 cm³/mol. The van der Waals surface area contributed by atoms with Gasteiger partial charge in [-0.25, -0.2) is 9.78 Å². The van der Waals surface area contributed by atoms with Gasteiger partial charge in [0.05, 0.1) is 18.6 Å². The van der Waals surface area contributed by atoms with Gasteiger partial charge >= 0.3 is 6.03 Å².